The van der Waals surface area contributed by atoms with Crippen molar-refractivity contribution in [2.75, 3.05) is 10.1 Å². The summed E-state index contributed by atoms with van der Waals surface area (Å²) in [4.78, 5) is 27.2. The number of nitrogens with one attached hydrogen (secondary N) is 3. The number of ether oxygens (including phenoxy) is 1. The van der Waals surface area contributed by atoms with Crippen LogP contribution in [0.5, 0.6) is 0 Å². The topological polar surface area (TPSA) is 126 Å². The van der Waals surface area contributed by atoms with E-state index in [2.05, 4.69) is 20.6 Å². The molecular weight excluding hydrogens is 432 g/mol. The van der Waals surface area contributed by atoms with Crippen molar-refractivity contribution in [1.29, 1.82) is 0 Å². The first kappa shape index (κ1) is 22.8. The standard InChI is InChI=1S/C22H22N4O5S/c1-15(2)31-22(28)21(27)25-24-20-13-10-18(14-23-20)26-32(29,30)19-11-8-17(9-12-19)16-6-4-3-5-7-16/h3-15,26H,1-2H3,(H,23,24)(H,25,27). The van der Waals surface area contributed by atoms with Gasteiger partial charge in [0.15, 0.2) is 0 Å². The molecule has 166 valence electrons. The summed E-state index contributed by atoms with van der Waals surface area (Å²) in [7, 11) is -3.82. The van der Waals surface area contributed by atoms with Crippen LogP contribution >= 0.6 is 0 Å². The molecule has 1 amide bonds. The summed E-state index contributed by atoms with van der Waals surface area (Å²) in [6.07, 6.45) is 0.852. The number of hydrogen-bond acceptors (Lipinski definition) is 7. The van der Waals surface area contributed by atoms with Crippen LogP contribution in [0.1, 0.15) is 13.8 Å². The van der Waals surface area contributed by atoms with Crippen molar-refractivity contribution >= 4 is 33.4 Å². The fourth-order valence-electron chi connectivity index (χ4n) is 2.64. The number of carbonyl (C=O) groups is 2. The average Bonchev–Trinajstić information content (AvgIpc) is 2.78. The van der Waals surface area contributed by atoms with E-state index in [1.54, 1.807) is 26.0 Å². The molecule has 9 nitrogen and oxygen atoms in total. The normalized spacial score (nSPS) is 11.0. The van der Waals surface area contributed by atoms with E-state index in [0.29, 0.717) is 0 Å². The van der Waals surface area contributed by atoms with Gasteiger partial charge in [-0.25, -0.2) is 18.2 Å². The number of amides is 1. The highest BCUT2D eigenvalue weighted by atomic mass is 32.2. The van der Waals surface area contributed by atoms with E-state index in [-0.39, 0.29) is 16.4 Å². The molecule has 0 bridgehead atoms. The highest BCUT2D eigenvalue weighted by Crippen LogP contribution is 2.22. The molecule has 32 heavy (non-hydrogen) atoms. The van der Waals surface area contributed by atoms with Crippen LogP contribution in [-0.2, 0) is 24.3 Å². The molecular formula is C22H22N4O5S. The minimum Gasteiger partial charge on any atom is -0.456 e. The summed E-state index contributed by atoms with van der Waals surface area (Å²) in [6.45, 7) is 3.25. The number of carbonyl (C=O) groups excluding carboxylic acids is 2. The molecule has 3 N–H and O–H groups in total. The zero-order chi connectivity index (χ0) is 23.1. The Morgan fingerprint density at radius 2 is 1.56 bits per heavy atom. The molecule has 2 aromatic carbocycles. The Morgan fingerprint density at radius 3 is 2.16 bits per heavy atom. The Bertz CT molecular complexity index is 1180. The molecule has 0 atom stereocenters. The molecule has 0 aliphatic carbocycles. The van der Waals surface area contributed by atoms with E-state index in [4.69, 9.17) is 4.74 Å². The van der Waals surface area contributed by atoms with Crippen LogP contribution in [0.15, 0.2) is 77.8 Å². The summed E-state index contributed by atoms with van der Waals surface area (Å²) in [6, 6.07) is 19.1. The summed E-state index contributed by atoms with van der Waals surface area (Å²) >= 11 is 0. The van der Waals surface area contributed by atoms with Gasteiger partial charge in [0, 0.05) is 0 Å². The van der Waals surface area contributed by atoms with Crippen LogP contribution in [-0.4, -0.2) is 31.4 Å². The number of esters is 1. The lowest BCUT2D eigenvalue weighted by atomic mass is 10.1. The molecule has 1 aromatic heterocycles. The lowest BCUT2D eigenvalue weighted by molar-refractivity contribution is -0.157. The molecule has 3 aromatic rings. The summed E-state index contributed by atoms with van der Waals surface area (Å²) in [5.41, 5.74) is 6.73. The molecule has 0 fully saturated rings. The van der Waals surface area contributed by atoms with Gasteiger partial charge in [0.1, 0.15) is 5.82 Å². The second-order valence-corrected chi connectivity index (χ2v) is 8.64. The number of rotatable bonds is 7. The molecule has 0 aliphatic heterocycles. The third kappa shape index (κ3) is 6.05. The first-order valence-corrected chi connectivity index (χ1v) is 11.1. The van der Waals surface area contributed by atoms with Gasteiger partial charge < -0.3 is 4.74 Å². The minimum absolute atomic E-state index is 0.107. The molecule has 10 heteroatoms. The van der Waals surface area contributed by atoms with Gasteiger partial charge in [-0.3, -0.25) is 20.4 Å². The lowest BCUT2D eigenvalue weighted by Crippen LogP contribution is -2.37. The smallest absolute Gasteiger partial charge is 0.398 e. The number of hydrogen-bond donors (Lipinski definition) is 3. The molecule has 0 radical (unpaired) electrons. The second kappa shape index (κ2) is 9.92. The average molecular weight is 455 g/mol. The van der Waals surface area contributed by atoms with E-state index < -0.39 is 28.0 Å². The maximum absolute atomic E-state index is 12.6. The van der Waals surface area contributed by atoms with Crippen molar-refractivity contribution in [2.24, 2.45) is 0 Å². The van der Waals surface area contributed by atoms with Crippen LogP contribution < -0.4 is 15.6 Å². The van der Waals surface area contributed by atoms with Crippen LogP contribution in [0.4, 0.5) is 11.5 Å². The molecule has 0 unspecified atom stereocenters. The monoisotopic (exact) mass is 454 g/mol. The van der Waals surface area contributed by atoms with E-state index in [1.165, 1.54) is 30.5 Å². The quantitative estimate of drug-likeness (QED) is 0.285. The van der Waals surface area contributed by atoms with Crippen molar-refractivity contribution in [3.8, 4) is 11.1 Å². The number of sulfonamides is 1. The molecule has 1 heterocycles. The highest BCUT2D eigenvalue weighted by Gasteiger charge is 2.17. The summed E-state index contributed by atoms with van der Waals surface area (Å²) in [5.74, 6) is -1.81. The number of anilines is 2. The third-order valence-electron chi connectivity index (χ3n) is 4.12. The van der Waals surface area contributed by atoms with Crippen LogP contribution in [0.2, 0.25) is 0 Å². The fraction of sp³-hybridized carbons (Fsp3) is 0.136. The van der Waals surface area contributed by atoms with Gasteiger partial charge in [0.05, 0.1) is 22.9 Å². The van der Waals surface area contributed by atoms with Gasteiger partial charge in [-0.05, 0) is 49.2 Å². The predicted octanol–water partition coefficient (Wildman–Crippen LogP) is 2.94. The Labute approximate surface area is 185 Å². The van der Waals surface area contributed by atoms with Crippen molar-refractivity contribution < 1.29 is 22.7 Å². The van der Waals surface area contributed by atoms with E-state index in [1.807, 2.05) is 30.3 Å². The number of nitrogens with zero attached hydrogens (tertiary/aromatic N) is 1. The van der Waals surface area contributed by atoms with Gasteiger partial charge in [-0.1, -0.05) is 42.5 Å². The van der Waals surface area contributed by atoms with Crippen LogP contribution in [0.3, 0.4) is 0 Å². The number of pyridine rings is 1. The number of hydrazine groups is 1. The Kier molecular flexibility index (Phi) is 7.06. The molecule has 0 spiro atoms. The zero-order valence-corrected chi connectivity index (χ0v) is 18.2. The van der Waals surface area contributed by atoms with Gasteiger partial charge in [0.2, 0.25) is 0 Å². The summed E-state index contributed by atoms with van der Waals surface area (Å²) in [5, 5.41) is 0. The van der Waals surface area contributed by atoms with Gasteiger partial charge in [0.25, 0.3) is 10.0 Å². The van der Waals surface area contributed by atoms with E-state index in [0.717, 1.165) is 11.1 Å². The fourth-order valence-corrected chi connectivity index (χ4v) is 3.68. The Morgan fingerprint density at radius 1 is 0.906 bits per heavy atom. The number of aromatic nitrogens is 1. The molecule has 0 aliphatic rings. The summed E-state index contributed by atoms with van der Waals surface area (Å²) < 4.78 is 32.5. The molecule has 0 saturated carbocycles. The van der Waals surface area contributed by atoms with Gasteiger partial charge in [-0.15, -0.1) is 0 Å². The largest absolute Gasteiger partial charge is 0.456 e. The maximum Gasteiger partial charge on any atom is 0.398 e. The number of benzene rings is 2. The zero-order valence-electron chi connectivity index (χ0n) is 17.4. The van der Waals surface area contributed by atoms with Crippen LogP contribution in [0, 0.1) is 0 Å². The van der Waals surface area contributed by atoms with Gasteiger partial charge >= 0.3 is 11.9 Å². The van der Waals surface area contributed by atoms with Crippen molar-refractivity contribution in [2.45, 2.75) is 24.8 Å². The van der Waals surface area contributed by atoms with Crippen molar-refractivity contribution in [3.05, 3.63) is 72.9 Å². The highest BCUT2D eigenvalue weighted by molar-refractivity contribution is 7.92. The Balaban J connectivity index is 1.60. The Hall–Kier alpha value is -3.92. The lowest BCUT2D eigenvalue weighted by Gasteiger charge is -2.11. The molecule has 3 rings (SSSR count). The maximum atomic E-state index is 12.6. The SMILES string of the molecule is CC(C)OC(=O)C(=O)NNc1ccc(NS(=O)(=O)c2ccc(-c3ccccc3)cc2)cn1. The minimum atomic E-state index is -3.82. The van der Waals surface area contributed by atoms with E-state index in [9.17, 15) is 18.0 Å². The van der Waals surface area contributed by atoms with Gasteiger partial charge in [-0.2, -0.15) is 0 Å². The van der Waals surface area contributed by atoms with E-state index >= 15 is 0 Å². The van der Waals surface area contributed by atoms with Crippen molar-refractivity contribution in [3.63, 3.8) is 0 Å². The first-order chi connectivity index (χ1) is 15.2. The predicted molar refractivity (Wildman–Crippen MR) is 120 cm³/mol. The van der Waals surface area contributed by atoms with Crippen molar-refractivity contribution in [1.82, 2.24) is 10.4 Å². The second-order valence-electron chi connectivity index (χ2n) is 6.96. The molecule has 0 saturated heterocycles. The third-order valence-corrected chi connectivity index (χ3v) is 5.52. The van der Waals surface area contributed by atoms with Crippen LogP contribution in [0.25, 0.3) is 11.1 Å². The first-order valence-electron chi connectivity index (χ1n) is 9.66.